The van der Waals surface area contributed by atoms with Crippen molar-refractivity contribution in [2.24, 2.45) is 0 Å². The van der Waals surface area contributed by atoms with Crippen LogP contribution in [0.5, 0.6) is 0 Å². The van der Waals surface area contributed by atoms with Gasteiger partial charge in [-0.25, -0.2) is 8.42 Å². The van der Waals surface area contributed by atoms with Crippen molar-refractivity contribution < 1.29 is 8.42 Å². The van der Waals surface area contributed by atoms with Gasteiger partial charge in [0.15, 0.2) is 0 Å². The van der Waals surface area contributed by atoms with Gasteiger partial charge in [0.1, 0.15) is 0 Å². The summed E-state index contributed by atoms with van der Waals surface area (Å²) in [6, 6.07) is 26.6. The zero-order chi connectivity index (χ0) is 19.4. The standard InChI is InChI=1S/C23H25NO2S/c1-18-14-16-22(17-15-18)27(25,26)24(3)23(21-12-8-5-9-13-21)19(2)20-10-6-4-7-11-20/h4-17,19,23H,1-3H3/t19-,23+/m1/s1. The van der Waals surface area contributed by atoms with E-state index in [9.17, 15) is 8.42 Å². The molecule has 0 saturated heterocycles. The number of nitrogens with zero attached hydrogens (tertiary/aromatic N) is 1. The van der Waals surface area contributed by atoms with Crippen molar-refractivity contribution in [1.82, 2.24) is 4.31 Å². The minimum Gasteiger partial charge on any atom is -0.207 e. The fraction of sp³-hybridized carbons (Fsp3) is 0.217. The molecule has 0 unspecified atom stereocenters. The Hall–Kier alpha value is -2.43. The third-order valence-electron chi connectivity index (χ3n) is 5.03. The largest absolute Gasteiger partial charge is 0.243 e. The van der Waals surface area contributed by atoms with Gasteiger partial charge in [-0.05, 0) is 30.2 Å². The van der Waals surface area contributed by atoms with Gasteiger partial charge in [0, 0.05) is 13.0 Å². The van der Waals surface area contributed by atoms with Crippen molar-refractivity contribution in [2.45, 2.75) is 30.7 Å². The van der Waals surface area contributed by atoms with Crippen molar-refractivity contribution in [2.75, 3.05) is 7.05 Å². The quantitative estimate of drug-likeness (QED) is 0.593. The Labute approximate surface area is 162 Å². The molecular formula is C23H25NO2S. The number of sulfonamides is 1. The van der Waals surface area contributed by atoms with E-state index < -0.39 is 10.0 Å². The van der Waals surface area contributed by atoms with Crippen LogP contribution < -0.4 is 0 Å². The predicted molar refractivity (Wildman–Crippen MR) is 110 cm³/mol. The van der Waals surface area contributed by atoms with E-state index in [-0.39, 0.29) is 12.0 Å². The van der Waals surface area contributed by atoms with Crippen LogP contribution >= 0.6 is 0 Å². The first-order valence-corrected chi connectivity index (χ1v) is 10.5. The summed E-state index contributed by atoms with van der Waals surface area (Å²) in [5.74, 6) is -0.00109. The van der Waals surface area contributed by atoms with Gasteiger partial charge in [0.25, 0.3) is 0 Å². The summed E-state index contributed by atoms with van der Waals surface area (Å²) >= 11 is 0. The molecular weight excluding hydrogens is 354 g/mol. The molecule has 0 amide bonds. The van der Waals surface area contributed by atoms with Crippen LogP contribution in [0.15, 0.2) is 89.8 Å². The maximum atomic E-state index is 13.3. The van der Waals surface area contributed by atoms with Crippen LogP contribution in [0.4, 0.5) is 0 Å². The molecule has 0 aromatic heterocycles. The van der Waals surface area contributed by atoms with Crippen LogP contribution in [0.2, 0.25) is 0 Å². The highest BCUT2D eigenvalue weighted by Gasteiger charge is 2.33. The molecule has 3 rings (SSSR count). The number of rotatable bonds is 6. The summed E-state index contributed by atoms with van der Waals surface area (Å²) in [5.41, 5.74) is 3.12. The lowest BCUT2D eigenvalue weighted by molar-refractivity contribution is 0.335. The molecule has 0 aliphatic heterocycles. The summed E-state index contributed by atoms with van der Waals surface area (Å²) in [7, 11) is -1.95. The Balaban J connectivity index is 2.06. The van der Waals surface area contributed by atoms with E-state index in [0.717, 1.165) is 16.7 Å². The normalized spacial score (nSPS) is 14.1. The Morgan fingerprint density at radius 1 is 0.741 bits per heavy atom. The monoisotopic (exact) mass is 379 g/mol. The highest BCUT2D eigenvalue weighted by atomic mass is 32.2. The van der Waals surface area contributed by atoms with Crippen molar-refractivity contribution in [3.05, 3.63) is 102 Å². The van der Waals surface area contributed by atoms with Crippen LogP contribution in [0.25, 0.3) is 0 Å². The molecule has 0 aliphatic carbocycles. The van der Waals surface area contributed by atoms with Crippen LogP contribution in [-0.2, 0) is 10.0 Å². The molecule has 0 aliphatic rings. The topological polar surface area (TPSA) is 37.4 Å². The van der Waals surface area contributed by atoms with Gasteiger partial charge in [-0.3, -0.25) is 0 Å². The first kappa shape index (κ1) is 19.3. The fourth-order valence-corrected chi connectivity index (χ4v) is 4.84. The molecule has 0 saturated carbocycles. The van der Waals surface area contributed by atoms with Crippen molar-refractivity contribution >= 4 is 10.0 Å². The van der Waals surface area contributed by atoms with Crippen LogP contribution in [-0.4, -0.2) is 19.8 Å². The lowest BCUT2D eigenvalue weighted by atomic mass is 9.88. The number of aryl methyl sites for hydroxylation is 1. The van der Waals surface area contributed by atoms with Gasteiger partial charge >= 0.3 is 0 Å². The number of likely N-dealkylation sites (N-methyl/N-ethyl adjacent to an activating group) is 1. The number of benzene rings is 3. The molecule has 3 aromatic rings. The molecule has 0 radical (unpaired) electrons. The number of hydrogen-bond acceptors (Lipinski definition) is 2. The van der Waals surface area contributed by atoms with Gasteiger partial charge in [-0.15, -0.1) is 0 Å². The zero-order valence-electron chi connectivity index (χ0n) is 15.9. The molecule has 4 heteroatoms. The molecule has 0 fully saturated rings. The lowest BCUT2D eigenvalue weighted by Gasteiger charge is -2.33. The summed E-state index contributed by atoms with van der Waals surface area (Å²) in [4.78, 5) is 0.316. The minimum absolute atomic E-state index is 0.00109. The number of hydrogen-bond donors (Lipinski definition) is 0. The van der Waals surface area contributed by atoms with Gasteiger partial charge in [-0.2, -0.15) is 4.31 Å². The van der Waals surface area contributed by atoms with Crippen LogP contribution in [0.1, 0.15) is 35.6 Å². The average Bonchev–Trinajstić information content (AvgIpc) is 2.70. The summed E-state index contributed by atoms with van der Waals surface area (Å²) in [6.45, 7) is 4.03. The Morgan fingerprint density at radius 2 is 1.22 bits per heavy atom. The smallest absolute Gasteiger partial charge is 0.207 e. The first-order valence-electron chi connectivity index (χ1n) is 9.06. The van der Waals surface area contributed by atoms with E-state index in [2.05, 4.69) is 6.92 Å². The lowest BCUT2D eigenvalue weighted by Crippen LogP contribution is -2.34. The first-order chi connectivity index (χ1) is 12.9. The highest BCUT2D eigenvalue weighted by Crippen LogP contribution is 2.37. The van der Waals surface area contributed by atoms with Crippen molar-refractivity contribution in [3.8, 4) is 0 Å². The molecule has 0 spiro atoms. The summed E-state index contributed by atoms with van der Waals surface area (Å²) in [6.07, 6.45) is 0. The van der Waals surface area contributed by atoms with E-state index in [1.54, 1.807) is 19.2 Å². The van der Waals surface area contributed by atoms with E-state index in [0.29, 0.717) is 4.90 Å². The van der Waals surface area contributed by atoms with Gasteiger partial charge in [-0.1, -0.05) is 85.3 Å². The second-order valence-electron chi connectivity index (χ2n) is 6.89. The second-order valence-corrected chi connectivity index (χ2v) is 8.89. The SMILES string of the molecule is Cc1ccc(S(=O)(=O)N(C)[C@H](c2ccccc2)[C@H](C)c2ccccc2)cc1. The molecule has 0 heterocycles. The van der Waals surface area contributed by atoms with Gasteiger partial charge in [0.05, 0.1) is 10.9 Å². The molecule has 0 bridgehead atoms. The maximum Gasteiger partial charge on any atom is 0.243 e. The molecule has 27 heavy (non-hydrogen) atoms. The third kappa shape index (κ3) is 4.12. The maximum absolute atomic E-state index is 13.3. The van der Waals surface area contributed by atoms with Crippen LogP contribution in [0.3, 0.4) is 0 Å². The molecule has 2 atom stereocenters. The van der Waals surface area contributed by atoms with E-state index in [4.69, 9.17) is 0 Å². The second kappa shape index (κ2) is 8.07. The highest BCUT2D eigenvalue weighted by molar-refractivity contribution is 7.89. The molecule has 140 valence electrons. The summed E-state index contributed by atoms with van der Waals surface area (Å²) in [5, 5.41) is 0. The third-order valence-corrected chi connectivity index (χ3v) is 6.88. The van der Waals surface area contributed by atoms with Crippen LogP contribution in [0, 0.1) is 6.92 Å². The Bertz CT molecular complexity index is 968. The zero-order valence-corrected chi connectivity index (χ0v) is 16.7. The van der Waals surface area contributed by atoms with Crippen molar-refractivity contribution in [1.29, 1.82) is 0 Å². The Kier molecular flexibility index (Phi) is 5.78. The van der Waals surface area contributed by atoms with E-state index >= 15 is 0 Å². The Morgan fingerprint density at radius 3 is 1.74 bits per heavy atom. The fourth-order valence-electron chi connectivity index (χ4n) is 3.43. The van der Waals surface area contributed by atoms with Gasteiger partial charge in [0.2, 0.25) is 10.0 Å². The predicted octanol–water partition coefficient (Wildman–Crippen LogP) is 5.16. The van der Waals surface area contributed by atoms with Gasteiger partial charge < -0.3 is 0 Å². The summed E-state index contributed by atoms with van der Waals surface area (Å²) < 4.78 is 28.1. The van der Waals surface area contributed by atoms with Crippen molar-refractivity contribution in [3.63, 3.8) is 0 Å². The average molecular weight is 380 g/mol. The molecule has 3 nitrogen and oxygen atoms in total. The van der Waals surface area contributed by atoms with E-state index in [1.165, 1.54) is 4.31 Å². The molecule has 0 N–H and O–H groups in total. The van der Waals surface area contributed by atoms with E-state index in [1.807, 2.05) is 79.7 Å². The minimum atomic E-state index is -3.62. The molecule has 3 aromatic carbocycles.